The quantitative estimate of drug-likeness (QED) is 0.876. The summed E-state index contributed by atoms with van der Waals surface area (Å²) in [5.41, 5.74) is 2.88. The van der Waals surface area contributed by atoms with E-state index < -0.39 is 0 Å². The van der Waals surface area contributed by atoms with Gasteiger partial charge in [-0.3, -0.25) is 4.79 Å². The van der Waals surface area contributed by atoms with Gasteiger partial charge >= 0.3 is 0 Å². The molecule has 2 atom stereocenters. The van der Waals surface area contributed by atoms with Crippen LogP contribution in [0.25, 0.3) is 0 Å². The summed E-state index contributed by atoms with van der Waals surface area (Å²) in [7, 11) is 1.88. The summed E-state index contributed by atoms with van der Waals surface area (Å²) in [4.78, 5) is 11.9. The summed E-state index contributed by atoms with van der Waals surface area (Å²) in [5, 5.41) is 6.14. The molecule has 2 rings (SSSR count). The Balaban J connectivity index is 0.00000200. The molecule has 1 amide bonds. The number of benzene rings is 1. The van der Waals surface area contributed by atoms with Crippen molar-refractivity contribution in [2.45, 2.75) is 32.1 Å². The van der Waals surface area contributed by atoms with Gasteiger partial charge in [-0.1, -0.05) is 31.2 Å². The maximum Gasteiger partial charge on any atom is 0.224 e. The fourth-order valence-electron chi connectivity index (χ4n) is 2.86. The third-order valence-corrected chi connectivity index (χ3v) is 3.97. The zero-order valence-electron chi connectivity index (χ0n) is 12.3. The number of aryl methyl sites for hydroxylation is 1. The molecule has 0 radical (unpaired) electrons. The van der Waals surface area contributed by atoms with Crippen molar-refractivity contribution < 1.29 is 4.79 Å². The second-order valence-electron chi connectivity index (χ2n) is 5.49. The van der Waals surface area contributed by atoms with Crippen molar-refractivity contribution in [3.8, 4) is 0 Å². The summed E-state index contributed by atoms with van der Waals surface area (Å²) >= 11 is 0. The largest absolute Gasteiger partial charge is 0.355 e. The summed E-state index contributed by atoms with van der Waals surface area (Å²) in [6, 6.07) is 8.63. The Morgan fingerprint density at radius 3 is 2.90 bits per heavy atom. The van der Waals surface area contributed by atoms with Crippen molar-refractivity contribution in [2.75, 3.05) is 20.1 Å². The fourth-order valence-corrected chi connectivity index (χ4v) is 2.86. The van der Waals surface area contributed by atoms with Crippen molar-refractivity contribution in [3.63, 3.8) is 0 Å². The minimum absolute atomic E-state index is 0. The van der Waals surface area contributed by atoms with E-state index in [0.29, 0.717) is 5.92 Å². The number of carbonyl (C=O) groups excluding carboxylic acids is 1. The van der Waals surface area contributed by atoms with Gasteiger partial charge in [-0.2, -0.15) is 0 Å². The summed E-state index contributed by atoms with van der Waals surface area (Å²) in [5.74, 6) is 0.664. The van der Waals surface area contributed by atoms with Gasteiger partial charge in [0, 0.05) is 24.9 Å². The average molecular weight is 297 g/mol. The van der Waals surface area contributed by atoms with Crippen LogP contribution in [0.15, 0.2) is 24.3 Å². The number of hydrogen-bond donors (Lipinski definition) is 2. The van der Waals surface area contributed by atoms with E-state index in [0.717, 1.165) is 13.1 Å². The van der Waals surface area contributed by atoms with E-state index in [1.54, 1.807) is 0 Å². The molecular weight excluding hydrogens is 272 g/mol. The first kappa shape index (κ1) is 17.0. The van der Waals surface area contributed by atoms with E-state index in [4.69, 9.17) is 0 Å². The van der Waals surface area contributed by atoms with Gasteiger partial charge < -0.3 is 10.6 Å². The first-order valence-electron chi connectivity index (χ1n) is 7.22. The smallest absolute Gasteiger partial charge is 0.224 e. The molecule has 0 fully saturated rings. The van der Waals surface area contributed by atoms with Crippen LogP contribution in [0.1, 0.15) is 36.8 Å². The van der Waals surface area contributed by atoms with Crippen LogP contribution in [0, 0.1) is 5.92 Å². The first-order valence-corrected chi connectivity index (χ1v) is 7.22. The van der Waals surface area contributed by atoms with Crippen LogP contribution in [-0.2, 0) is 11.2 Å². The van der Waals surface area contributed by atoms with Crippen molar-refractivity contribution >= 4 is 18.3 Å². The Bertz CT molecular complexity index is 436. The Hall–Kier alpha value is -1.06. The summed E-state index contributed by atoms with van der Waals surface area (Å²) < 4.78 is 0. The highest BCUT2D eigenvalue weighted by Gasteiger charge is 2.21. The van der Waals surface area contributed by atoms with E-state index in [-0.39, 0.29) is 24.2 Å². The summed E-state index contributed by atoms with van der Waals surface area (Å²) in [6.07, 6.45) is 3.58. The van der Waals surface area contributed by atoms with Gasteiger partial charge in [-0.05, 0) is 37.4 Å². The SMILES string of the molecule is CNCC(C)C(=O)NCC1CCCc2ccccc21.Cl. The van der Waals surface area contributed by atoms with Crippen molar-refractivity contribution in [2.24, 2.45) is 5.92 Å². The van der Waals surface area contributed by atoms with Crippen molar-refractivity contribution in [1.29, 1.82) is 0 Å². The number of nitrogens with one attached hydrogen (secondary N) is 2. The molecule has 2 unspecified atom stereocenters. The third-order valence-electron chi connectivity index (χ3n) is 3.97. The molecule has 0 spiro atoms. The van der Waals surface area contributed by atoms with Crippen LogP contribution < -0.4 is 10.6 Å². The van der Waals surface area contributed by atoms with Crippen LogP contribution >= 0.6 is 12.4 Å². The molecule has 0 aliphatic heterocycles. The lowest BCUT2D eigenvalue weighted by molar-refractivity contribution is -0.124. The minimum Gasteiger partial charge on any atom is -0.355 e. The maximum atomic E-state index is 11.9. The summed E-state index contributed by atoms with van der Waals surface area (Å²) in [6.45, 7) is 3.46. The molecule has 4 heteroatoms. The second kappa shape index (κ2) is 8.28. The molecule has 1 aliphatic rings. The van der Waals surface area contributed by atoms with Gasteiger partial charge in [0.05, 0.1) is 0 Å². The first-order chi connectivity index (χ1) is 9.22. The zero-order chi connectivity index (χ0) is 13.7. The lowest BCUT2D eigenvalue weighted by atomic mass is 9.83. The monoisotopic (exact) mass is 296 g/mol. The predicted molar refractivity (Wildman–Crippen MR) is 85.5 cm³/mol. The number of hydrogen-bond acceptors (Lipinski definition) is 2. The number of rotatable bonds is 5. The molecule has 1 aliphatic carbocycles. The van der Waals surface area contributed by atoms with E-state index in [9.17, 15) is 4.79 Å². The van der Waals surface area contributed by atoms with Gasteiger partial charge in [0.1, 0.15) is 0 Å². The molecule has 0 heterocycles. The highest BCUT2D eigenvalue weighted by Crippen LogP contribution is 2.30. The highest BCUT2D eigenvalue weighted by molar-refractivity contribution is 5.85. The van der Waals surface area contributed by atoms with Gasteiger partial charge in [0.15, 0.2) is 0 Å². The predicted octanol–water partition coefficient (Wildman–Crippen LogP) is 2.50. The van der Waals surface area contributed by atoms with Crippen LogP contribution in [0.3, 0.4) is 0 Å². The van der Waals surface area contributed by atoms with E-state index >= 15 is 0 Å². The Morgan fingerprint density at radius 2 is 2.15 bits per heavy atom. The number of fused-ring (bicyclic) bond motifs is 1. The van der Waals surface area contributed by atoms with Crippen LogP contribution in [-0.4, -0.2) is 26.0 Å². The van der Waals surface area contributed by atoms with Gasteiger partial charge in [-0.25, -0.2) is 0 Å². The molecule has 0 bridgehead atoms. The maximum absolute atomic E-state index is 11.9. The molecule has 2 N–H and O–H groups in total. The second-order valence-corrected chi connectivity index (χ2v) is 5.49. The zero-order valence-corrected chi connectivity index (χ0v) is 13.1. The molecule has 0 saturated heterocycles. The van der Waals surface area contributed by atoms with Gasteiger partial charge in [0.2, 0.25) is 5.91 Å². The Kier molecular flexibility index (Phi) is 7.03. The Morgan fingerprint density at radius 1 is 1.40 bits per heavy atom. The Labute approximate surface area is 127 Å². The lowest BCUT2D eigenvalue weighted by Gasteiger charge is -2.26. The molecule has 1 aromatic rings. The normalized spacial score (nSPS) is 18.6. The van der Waals surface area contributed by atoms with Crippen LogP contribution in [0.5, 0.6) is 0 Å². The lowest BCUT2D eigenvalue weighted by Crippen LogP contribution is -2.37. The number of amides is 1. The molecular formula is C16H25ClN2O. The van der Waals surface area contributed by atoms with E-state index in [1.807, 2.05) is 14.0 Å². The number of carbonyl (C=O) groups is 1. The fraction of sp³-hybridized carbons (Fsp3) is 0.562. The molecule has 20 heavy (non-hydrogen) atoms. The van der Waals surface area contributed by atoms with Crippen molar-refractivity contribution in [3.05, 3.63) is 35.4 Å². The van der Waals surface area contributed by atoms with Gasteiger partial charge in [0.25, 0.3) is 0 Å². The van der Waals surface area contributed by atoms with E-state index in [1.165, 1.54) is 30.4 Å². The molecule has 1 aromatic carbocycles. The third kappa shape index (κ3) is 4.22. The van der Waals surface area contributed by atoms with Crippen LogP contribution in [0.4, 0.5) is 0 Å². The highest BCUT2D eigenvalue weighted by atomic mass is 35.5. The van der Waals surface area contributed by atoms with Crippen LogP contribution in [0.2, 0.25) is 0 Å². The molecule has 0 saturated carbocycles. The molecule has 0 aromatic heterocycles. The van der Waals surface area contributed by atoms with Gasteiger partial charge in [-0.15, -0.1) is 12.4 Å². The topological polar surface area (TPSA) is 41.1 Å². The average Bonchev–Trinajstić information content (AvgIpc) is 2.45. The minimum atomic E-state index is 0. The van der Waals surface area contributed by atoms with E-state index in [2.05, 4.69) is 34.9 Å². The standard InChI is InChI=1S/C16H24N2O.ClH/c1-12(10-17-2)16(19)18-11-14-8-5-7-13-6-3-4-9-15(13)14;/h3-4,6,9,12,14,17H,5,7-8,10-11H2,1-2H3,(H,18,19);1H. The molecule has 112 valence electrons. The van der Waals surface area contributed by atoms with Crippen molar-refractivity contribution in [1.82, 2.24) is 10.6 Å². The molecule has 3 nitrogen and oxygen atoms in total. The number of halogens is 1.